The van der Waals surface area contributed by atoms with Crippen molar-refractivity contribution in [2.45, 2.75) is 26.3 Å². The molecular weight excluding hydrogens is 162 g/mol. The quantitative estimate of drug-likeness (QED) is 0.688. The molecule has 2 rings (SSSR count). The first-order valence-electron chi connectivity index (χ1n) is 4.72. The van der Waals surface area contributed by atoms with Crippen molar-refractivity contribution in [3.05, 3.63) is 28.8 Å². The van der Waals surface area contributed by atoms with Crippen LogP contribution < -0.4 is 5.32 Å². The van der Waals surface area contributed by atoms with E-state index in [1.165, 1.54) is 5.56 Å². The van der Waals surface area contributed by atoms with Crippen molar-refractivity contribution in [2.75, 3.05) is 6.54 Å². The van der Waals surface area contributed by atoms with Crippen molar-refractivity contribution in [2.24, 2.45) is 0 Å². The molecular formula is C11H15NO. The third-order valence-corrected chi connectivity index (χ3v) is 2.68. The molecule has 0 aliphatic carbocycles. The van der Waals surface area contributed by atoms with E-state index in [0.29, 0.717) is 11.8 Å². The van der Waals surface area contributed by atoms with Crippen molar-refractivity contribution in [3.8, 4) is 5.75 Å². The number of hydrogen-bond donors (Lipinski definition) is 2. The summed E-state index contributed by atoms with van der Waals surface area (Å²) in [6.07, 6.45) is 1.14. The first-order valence-corrected chi connectivity index (χ1v) is 4.72. The van der Waals surface area contributed by atoms with Crippen molar-refractivity contribution in [1.29, 1.82) is 0 Å². The SMILES string of the molecule is Cc1cc(C)c([C@@H]2CCN2)c(O)c1. The van der Waals surface area contributed by atoms with Gasteiger partial charge in [0, 0.05) is 11.6 Å². The lowest BCUT2D eigenvalue weighted by Gasteiger charge is -2.30. The molecule has 0 spiro atoms. The zero-order valence-electron chi connectivity index (χ0n) is 8.09. The maximum absolute atomic E-state index is 9.77. The Bertz CT molecular complexity index is 306. The second-order valence-corrected chi connectivity index (χ2v) is 3.81. The number of rotatable bonds is 1. The number of benzene rings is 1. The number of nitrogens with one attached hydrogen (secondary N) is 1. The lowest BCUT2D eigenvalue weighted by Crippen LogP contribution is -2.35. The van der Waals surface area contributed by atoms with E-state index in [-0.39, 0.29) is 0 Å². The first kappa shape index (κ1) is 8.57. The summed E-state index contributed by atoms with van der Waals surface area (Å²) in [6, 6.07) is 4.33. The van der Waals surface area contributed by atoms with E-state index in [4.69, 9.17) is 0 Å². The molecule has 1 fully saturated rings. The van der Waals surface area contributed by atoms with Crippen LogP contribution in [0, 0.1) is 13.8 Å². The third-order valence-electron chi connectivity index (χ3n) is 2.68. The molecule has 1 saturated heterocycles. The zero-order chi connectivity index (χ0) is 9.42. The molecule has 13 heavy (non-hydrogen) atoms. The third kappa shape index (κ3) is 1.42. The van der Waals surface area contributed by atoms with Crippen molar-refractivity contribution >= 4 is 0 Å². The van der Waals surface area contributed by atoms with Gasteiger partial charge in [0.15, 0.2) is 0 Å². The topological polar surface area (TPSA) is 32.3 Å². The van der Waals surface area contributed by atoms with Crippen LogP contribution in [0.2, 0.25) is 0 Å². The Hall–Kier alpha value is -1.02. The minimum absolute atomic E-state index is 0.376. The van der Waals surface area contributed by atoms with E-state index in [1.54, 1.807) is 0 Å². The number of phenolic OH excluding ortho intramolecular Hbond substituents is 1. The highest BCUT2D eigenvalue weighted by Gasteiger charge is 2.23. The van der Waals surface area contributed by atoms with Crippen molar-refractivity contribution in [1.82, 2.24) is 5.32 Å². The highest BCUT2D eigenvalue weighted by atomic mass is 16.3. The summed E-state index contributed by atoms with van der Waals surface area (Å²) in [5.41, 5.74) is 3.39. The van der Waals surface area contributed by atoms with Crippen molar-refractivity contribution in [3.63, 3.8) is 0 Å². The molecule has 0 radical (unpaired) electrons. The summed E-state index contributed by atoms with van der Waals surface area (Å²) >= 11 is 0. The van der Waals surface area contributed by atoms with Gasteiger partial charge in [-0.15, -0.1) is 0 Å². The van der Waals surface area contributed by atoms with Crippen LogP contribution in [0.1, 0.15) is 29.2 Å². The molecule has 0 aromatic heterocycles. The van der Waals surface area contributed by atoms with Gasteiger partial charge in [0.25, 0.3) is 0 Å². The molecule has 1 heterocycles. The number of phenols is 1. The largest absolute Gasteiger partial charge is 0.508 e. The Morgan fingerprint density at radius 1 is 1.38 bits per heavy atom. The van der Waals surface area contributed by atoms with E-state index in [9.17, 15) is 5.11 Å². The summed E-state index contributed by atoms with van der Waals surface area (Å²) in [5, 5.41) is 13.1. The number of aromatic hydroxyl groups is 1. The zero-order valence-corrected chi connectivity index (χ0v) is 8.09. The monoisotopic (exact) mass is 177 g/mol. The summed E-state index contributed by atoms with van der Waals surface area (Å²) in [5.74, 6) is 0.440. The normalized spacial score (nSPS) is 21.2. The molecule has 0 amide bonds. The summed E-state index contributed by atoms with van der Waals surface area (Å²) in [6.45, 7) is 5.13. The lowest BCUT2D eigenvalue weighted by atomic mass is 9.92. The van der Waals surface area contributed by atoms with Crippen molar-refractivity contribution < 1.29 is 5.11 Å². The van der Waals surface area contributed by atoms with Gasteiger partial charge < -0.3 is 10.4 Å². The summed E-state index contributed by atoms with van der Waals surface area (Å²) < 4.78 is 0. The van der Waals surface area contributed by atoms with Crippen LogP contribution in [-0.4, -0.2) is 11.7 Å². The molecule has 70 valence electrons. The fraction of sp³-hybridized carbons (Fsp3) is 0.455. The van der Waals surface area contributed by atoms with E-state index in [2.05, 4.69) is 18.3 Å². The number of aryl methyl sites for hydroxylation is 2. The Morgan fingerprint density at radius 3 is 2.54 bits per heavy atom. The van der Waals surface area contributed by atoms with Gasteiger partial charge in [-0.2, -0.15) is 0 Å². The van der Waals surface area contributed by atoms with Crippen LogP contribution in [0.4, 0.5) is 0 Å². The molecule has 0 saturated carbocycles. The van der Waals surface area contributed by atoms with Gasteiger partial charge in [0.05, 0.1) is 0 Å². The van der Waals surface area contributed by atoms with Crippen LogP contribution in [0.5, 0.6) is 5.75 Å². The minimum Gasteiger partial charge on any atom is -0.508 e. The van der Waals surface area contributed by atoms with Gasteiger partial charge in [-0.05, 0) is 44.0 Å². The maximum Gasteiger partial charge on any atom is 0.120 e. The van der Waals surface area contributed by atoms with Gasteiger partial charge in [0.1, 0.15) is 5.75 Å². The standard InChI is InChI=1S/C11H15NO/c1-7-5-8(2)11(10(13)6-7)9-3-4-12-9/h5-6,9,12-13H,3-4H2,1-2H3/t9-/m0/s1. The van der Waals surface area contributed by atoms with Crippen LogP contribution >= 0.6 is 0 Å². The van der Waals surface area contributed by atoms with E-state index < -0.39 is 0 Å². The molecule has 1 atom stereocenters. The minimum atomic E-state index is 0.376. The Kier molecular flexibility index (Phi) is 2.00. The van der Waals surface area contributed by atoms with Crippen LogP contribution in [-0.2, 0) is 0 Å². The molecule has 1 aliphatic heterocycles. The Labute approximate surface area is 78.6 Å². The highest BCUT2D eigenvalue weighted by molar-refractivity contribution is 5.44. The Morgan fingerprint density at radius 2 is 2.08 bits per heavy atom. The molecule has 1 aromatic rings. The van der Waals surface area contributed by atoms with E-state index in [0.717, 1.165) is 24.1 Å². The van der Waals surface area contributed by atoms with E-state index >= 15 is 0 Å². The van der Waals surface area contributed by atoms with Gasteiger partial charge in [0.2, 0.25) is 0 Å². The molecule has 0 unspecified atom stereocenters. The molecule has 2 N–H and O–H groups in total. The predicted octanol–water partition coefficient (Wildman–Crippen LogP) is 2.04. The highest BCUT2D eigenvalue weighted by Crippen LogP contribution is 2.33. The fourth-order valence-corrected chi connectivity index (χ4v) is 1.94. The average Bonchev–Trinajstić information content (AvgIpc) is 1.92. The number of hydrogen-bond acceptors (Lipinski definition) is 2. The van der Waals surface area contributed by atoms with E-state index in [1.807, 2.05) is 13.0 Å². The summed E-state index contributed by atoms with van der Waals surface area (Å²) in [4.78, 5) is 0. The average molecular weight is 177 g/mol. The molecule has 2 heteroatoms. The smallest absolute Gasteiger partial charge is 0.120 e. The maximum atomic E-state index is 9.77. The molecule has 2 nitrogen and oxygen atoms in total. The predicted molar refractivity (Wildman–Crippen MR) is 52.9 cm³/mol. The lowest BCUT2D eigenvalue weighted by molar-refractivity contribution is 0.363. The molecule has 0 bridgehead atoms. The van der Waals surface area contributed by atoms with Gasteiger partial charge in [-0.3, -0.25) is 0 Å². The second-order valence-electron chi connectivity index (χ2n) is 3.81. The van der Waals surface area contributed by atoms with Crippen LogP contribution in [0.25, 0.3) is 0 Å². The summed E-state index contributed by atoms with van der Waals surface area (Å²) in [7, 11) is 0. The molecule has 1 aliphatic rings. The van der Waals surface area contributed by atoms with Gasteiger partial charge in [-0.1, -0.05) is 6.07 Å². The Balaban J connectivity index is 2.43. The first-order chi connectivity index (χ1) is 6.18. The second kappa shape index (κ2) is 3.04. The van der Waals surface area contributed by atoms with Gasteiger partial charge in [-0.25, -0.2) is 0 Å². The van der Waals surface area contributed by atoms with Crippen LogP contribution in [0.15, 0.2) is 12.1 Å². The van der Waals surface area contributed by atoms with Crippen LogP contribution in [0.3, 0.4) is 0 Å². The molecule has 1 aromatic carbocycles. The van der Waals surface area contributed by atoms with Gasteiger partial charge >= 0.3 is 0 Å². The fourth-order valence-electron chi connectivity index (χ4n) is 1.94.